The molecule has 3 heteroatoms. The summed E-state index contributed by atoms with van der Waals surface area (Å²) in [6, 6.07) is 0. The molecule has 0 atom stereocenters. The summed E-state index contributed by atoms with van der Waals surface area (Å²) in [5.41, 5.74) is -0.322. The van der Waals surface area contributed by atoms with Crippen LogP contribution in [0.5, 0.6) is 0 Å². The van der Waals surface area contributed by atoms with Crippen LogP contribution in [0.25, 0.3) is 0 Å². The third kappa shape index (κ3) is 1.46. The number of isocyanates is 1. The van der Waals surface area contributed by atoms with Gasteiger partial charge in [-0.2, -0.15) is 0 Å². The molecule has 66 valence electrons. The molecule has 0 bridgehead atoms. The first-order chi connectivity index (χ1) is 5.75. The molecule has 0 heterocycles. The Morgan fingerprint density at radius 3 is 2.50 bits per heavy atom. The highest BCUT2D eigenvalue weighted by Crippen LogP contribution is 2.41. The zero-order valence-electron chi connectivity index (χ0n) is 7.30. The Balaban J connectivity index is 2.78. The number of carbonyl (C=O) groups excluding carboxylic acids is 2. The monoisotopic (exact) mass is 167 g/mol. The topological polar surface area (TPSA) is 46.5 Å². The number of aliphatic imine (C=N–C) groups is 1. The molecule has 0 unspecified atom stereocenters. The molecule has 1 rings (SSSR count). The van der Waals surface area contributed by atoms with E-state index < -0.39 is 0 Å². The van der Waals surface area contributed by atoms with Gasteiger partial charge in [0, 0.05) is 0 Å². The van der Waals surface area contributed by atoms with Gasteiger partial charge in [0.2, 0.25) is 6.08 Å². The van der Waals surface area contributed by atoms with Crippen molar-refractivity contribution in [2.75, 3.05) is 0 Å². The molecule has 0 saturated heterocycles. The summed E-state index contributed by atoms with van der Waals surface area (Å²) < 4.78 is 0. The van der Waals surface area contributed by atoms with E-state index in [9.17, 15) is 9.59 Å². The van der Waals surface area contributed by atoms with Crippen LogP contribution in [-0.2, 0) is 9.59 Å². The minimum absolute atomic E-state index is 0.266. The van der Waals surface area contributed by atoms with E-state index in [1.165, 1.54) is 6.08 Å². The number of nitrogens with zero attached hydrogens (tertiary/aromatic N) is 1. The lowest BCUT2D eigenvalue weighted by Crippen LogP contribution is -2.25. The lowest BCUT2D eigenvalue weighted by molar-refractivity contribution is -0.127. The quantitative estimate of drug-likeness (QED) is 0.465. The van der Waals surface area contributed by atoms with Crippen LogP contribution in [0, 0.1) is 5.41 Å². The van der Waals surface area contributed by atoms with E-state index in [-0.39, 0.29) is 11.3 Å². The van der Waals surface area contributed by atoms with E-state index in [1.807, 2.05) is 6.92 Å². The van der Waals surface area contributed by atoms with Crippen molar-refractivity contribution in [3.8, 4) is 0 Å². The van der Waals surface area contributed by atoms with Gasteiger partial charge in [-0.05, 0) is 19.3 Å². The van der Waals surface area contributed by atoms with E-state index in [4.69, 9.17) is 0 Å². The largest absolute Gasteiger partial charge is 0.271 e. The maximum absolute atomic E-state index is 11.4. The number of carbonyl (C=O) groups is 1. The fourth-order valence-corrected chi connectivity index (χ4v) is 1.93. The second kappa shape index (κ2) is 3.63. The molecule has 0 aromatic carbocycles. The molecule has 1 aliphatic carbocycles. The summed E-state index contributed by atoms with van der Waals surface area (Å²) in [4.78, 5) is 24.5. The highest BCUT2D eigenvalue weighted by atomic mass is 16.2. The summed E-state index contributed by atoms with van der Waals surface area (Å²) in [6.07, 6.45) is 6.04. The highest BCUT2D eigenvalue weighted by Gasteiger charge is 2.39. The van der Waals surface area contributed by atoms with E-state index in [0.717, 1.165) is 32.1 Å². The maximum atomic E-state index is 11.4. The van der Waals surface area contributed by atoms with Gasteiger partial charge >= 0.3 is 0 Å². The Morgan fingerprint density at radius 2 is 2.08 bits per heavy atom. The molecular weight excluding hydrogens is 154 g/mol. The lowest BCUT2D eigenvalue weighted by atomic mass is 9.83. The van der Waals surface area contributed by atoms with Crippen molar-refractivity contribution >= 4 is 12.0 Å². The van der Waals surface area contributed by atoms with Crippen LogP contribution in [0.3, 0.4) is 0 Å². The van der Waals surface area contributed by atoms with Crippen LogP contribution >= 0.6 is 0 Å². The zero-order chi connectivity index (χ0) is 9.03. The molecular formula is C9H13NO2. The van der Waals surface area contributed by atoms with Gasteiger partial charge in [0.05, 0.1) is 5.41 Å². The summed E-state index contributed by atoms with van der Waals surface area (Å²) in [6.45, 7) is 1.98. The van der Waals surface area contributed by atoms with Crippen molar-refractivity contribution in [1.82, 2.24) is 0 Å². The third-order valence-corrected chi connectivity index (χ3v) is 2.84. The van der Waals surface area contributed by atoms with Gasteiger partial charge in [0.1, 0.15) is 0 Å². The number of amides is 1. The van der Waals surface area contributed by atoms with Gasteiger partial charge in [-0.3, -0.25) is 4.79 Å². The van der Waals surface area contributed by atoms with Gasteiger partial charge < -0.3 is 0 Å². The molecule has 1 saturated carbocycles. The number of hydrogen-bond donors (Lipinski definition) is 0. The van der Waals surface area contributed by atoms with Crippen molar-refractivity contribution in [3.05, 3.63) is 0 Å². The Bertz CT molecular complexity index is 223. The standard InChI is InChI=1S/C9H13NO2/c1-2-9(5-3-4-6-9)8(12)10-7-11/h2-6H2,1H3. The van der Waals surface area contributed by atoms with E-state index >= 15 is 0 Å². The average molecular weight is 167 g/mol. The van der Waals surface area contributed by atoms with Gasteiger partial charge in [0.25, 0.3) is 5.91 Å². The first-order valence-electron chi connectivity index (χ1n) is 4.37. The van der Waals surface area contributed by atoms with Crippen molar-refractivity contribution in [3.63, 3.8) is 0 Å². The molecule has 1 aliphatic rings. The lowest BCUT2D eigenvalue weighted by Gasteiger charge is -2.21. The molecule has 12 heavy (non-hydrogen) atoms. The smallest absolute Gasteiger partial charge is 0.262 e. The van der Waals surface area contributed by atoms with Crippen molar-refractivity contribution in [2.24, 2.45) is 10.4 Å². The second-order valence-electron chi connectivity index (χ2n) is 3.35. The van der Waals surface area contributed by atoms with Crippen LogP contribution in [0.1, 0.15) is 39.0 Å². The van der Waals surface area contributed by atoms with Gasteiger partial charge in [-0.15, -0.1) is 4.99 Å². The molecule has 1 fully saturated rings. The second-order valence-corrected chi connectivity index (χ2v) is 3.35. The molecule has 0 radical (unpaired) electrons. The third-order valence-electron chi connectivity index (χ3n) is 2.84. The predicted octanol–water partition coefficient (Wildman–Crippen LogP) is 1.82. The summed E-state index contributed by atoms with van der Waals surface area (Å²) >= 11 is 0. The van der Waals surface area contributed by atoms with Crippen LogP contribution in [0.15, 0.2) is 4.99 Å². The first-order valence-corrected chi connectivity index (χ1v) is 4.37. The van der Waals surface area contributed by atoms with Crippen molar-refractivity contribution in [2.45, 2.75) is 39.0 Å². The molecule has 1 amide bonds. The van der Waals surface area contributed by atoms with Gasteiger partial charge in [-0.25, -0.2) is 4.79 Å². The average Bonchev–Trinajstić information content (AvgIpc) is 2.54. The highest BCUT2D eigenvalue weighted by molar-refractivity contribution is 5.87. The minimum atomic E-state index is -0.322. The van der Waals surface area contributed by atoms with Crippen LogP contribution < -0.4 is 0 Å². The molecule has 0 aromatic rings. The first kappa shape index (κ1) is 9.14. The van der Waals surface area contributed by atoms with Crippen LogP contribution in [0.4, 0.5) is 0 Å². The minimum Gasteiger partial charge on any atom is -0.271 e. The van der Waals surface area contributed by atoms with Crippen LogP contribution in [-0.4, -0.2) is 12.0 Å². The number of rotatable bonds is 2. The predicted molar refractivity (Wildman–Crippen MR) is 44.3 cm³/mol. The normalized spacial score (nSPS) is 20.1. The molecule has 0 N–H and O–H groups in total. The molecule has 0 aliphatic heterocycles. The SMILES string of the molecule is CCC1(C(=O)N=C=O)CCCC1. The molecule has 0 spiro atoms. The fourth-order valence-electron chi connectivity index (χ4n) is 1.93. The van der Waals surface area contributed by atoms with E-state index in [0.29, 0.717) is 0 Å². The van der Waals surface area contributed by atoms with Crippen molar-refractivity contribution in [1.29, 1.82) is 0 Å². The number of hydrogen-bond acceptors (Lipinski definition) is 2. The zero-order valence-corrected chi connectivity index (χ0v) is 7.30. The Hall–Kier alpha value is -0.950. The summed E-state index contributed by atoms with van der Waals surface area (Å²) in [5.74, 6) is -0.266. The Morgan fingerprint density at radius 1 is 1.50 bits per heavy atom. The van der Waals surface area contributed by atoms with Gasteiger partial charge in [0.15, 0.2) is 0 Å². The molecule has 0 aromatic heterocycles. The van der Waals surface area contributed by atoms with E-state index in [1.54, 1.807) is 0 Å². The summed E-state index contributed by atoms with van der Waals surface area (Å²) in [7, 11) is 0. The molecule has 3 nitrogen and oxygen atoms in total. The fraction of sp³-hybridized carbons (Fsp3) is 0.778. The van der Waals surface area contributed by atoms with Gasteiger partial charge in [-0.1, -0.05) is 19.8 Å². The Labute approximate surface area is 71.9 Å². The van der Waals surface area contributed by atoms with E-state index in [2.05, 4.69) is 4.99 Å². The van der Waals surface area contributed by atoms with Crippen LogP contribution in [0.2, 0.25) is 0 Å². The van der Waals surface area contributed by atoms with Crippen molar-refractivity contribution < 1.29 is 9.59 Å². The summed E-state index contributed by atoms with van der Waals surface area (Å²) in [5, 5.41) is 0. The maximum Gasteiger partial charge on any atom is 0.262 e. The Kier molecular flexibility index (Phi) is 2.77.